The van der Waals surface area contributed by atoms with Crippen LogP contribution < -0.4 is 10.1 Å². The Morgan fingerprint density at radius 2 is 1.96 bits per heavy atom. The third-order valence-electron chi connectivity index (χ3n) is 3.66. The minimum absolute atomic E-state index is 0.217. The molecular weight excluding hydrogens is 316 g/mol. The van der Waals surface area contributed by atoms with Gasteiger partial charge in [-0.05, 0) is 30.7 Å². The molecule has 2 heterocycles. The van der Waals surface area contributed by atoms with Gasteiger partial charge in [0.05, 0.1) is 12.8 Å². The fraction of sp³-hybridized carbons (Fsp3) is 0.176. The highest BCUT2D eigenvalue weighted by atomic mass is 19.1. The lowest BCUT2D eigenvalue weighted by Gasteiger charge is -2.09. The van der Waals surface area contributed by atoms with Gasteiger partial charge in [-0.15, -0.1) is 0 Å². The van der Waals surface area contributed by atoms with Crippen molar-refractivity contribution in [2.24, 2.45) is 0 Å². The van der Waals surface area contributed by atoms with Crippen molar-refractivity contribution in [2.75, 3.05) is 12.4 Å². The van der Waals surface area contributed by atoms with Crippen molar-refractivity contribution < 1.29 is 18.3 Å². The number of methoxy groups -OCH3 is 1. The molecule has 0 saturated carbocycles. The molecule has 5 nitrogen and oxygen atoms in total. The zero-order valence-electron chi connectivity index (χ0n) is 13.1. The van der Waals surface area contributed by atoms with Crippen molar-refractivity contribution in [2.45, 2.75) is 13.3 Å². The summed E-state index contributed by atoms with van der Waals surface area (Å²) in [7, 11) is 1.50. The molecule has 1 amide bonds. The van der Waals surface area contributed by atoms with Crippen LogP contribution in [0.1, 0.15) is 23.1 Å². The summed E-state index contributed by atoms with van der Waals surface area (Å²) in [6.45, 7) is 1.84. The second-order valence-corrected chi connectivity index (χ2v) is 5.08. The highest BCUT2D eigenvalue weighted by molar-refractivity contribution is 6.04. The van der Waals surface area contributed by atoms with E-state index in [2.05, 4.69) is 10.3 Å². The lowest BCUT2D eigenvalue weighted by molar-refractivity contribution is 0.101. The average molecular weight is 331 g/mol. The van der Waals surface area contributed by atoms with Crippen LogP contribution in [0, 0.1) is 11.6 Å². The summed E-state index contributed by atoms with van der Waals surface area (Å²) in [5, 5.41) is 2.29. The van der Waals surface area contributed by atoms with Crippen LogP contribution in [0.5, 0.6) is 5.75 Å². The van der Waals surface area contributed by atoms with Gasteiger partial charge < -0.3 is 10.1 Å². The maximum atomic E-state index is 13.8. The summed E-state index contributed by atoms with van der Waals surface area (Å²) in [4.78, 5) is 17.0. The van der Waals surface area contributed by atoms with Gasteiger partial charge in [-0.3, -0.25) is 9.20 Å². The number of pyridine rings is 1. The molecule has 0 radical (unpaired) electrons. The molecule has 0 spiro atoms. The van der Waals surface area contributed by atoms with E-state index in [1.165, 1.54) is 13.2 Å². The molecular formula is C17H15F2N3O2. The lowest BCUT2D eigenvalue weighted by Crippen LogP contribution is -2.18. The molecule has 2 aromatic heterocycles. The van der Waals surface area contributed by atoms with Gasteiger partial charge in [0.25, 0.3) is 5.91 Å². The maximum absolute atomic E-state index is 13.8. The summed E-state index contributed by atoms with van der Waals surface area (Å²) in [6, 6.07) is 6.82. The summed E-state index contributed by atoms with van der Waals surface area (Å²) in [5.41, 5.74) is 0.709. The normalized spacial score (nSPS) is 10.8. The van der Waals surface area contributed by atoms with E-state index in [1.54, 1.807) is 22.7 Å². The van der Waals surface area contributed by atoms with E-state index >= 15 is 0 Å². The number of anilines is 1. The van der Waals surface area contributed by atoms with Crippen molar-refractivity contribution in [3.8, 4) is 5.75 Å². The zero-order valence-corrected chi connectivity index (χ0v) is 13.1. The number of nitrogens with one attached hydrogen (secondary N) is 1. The number of aromatic nitrogens is 2. The first kappa shape index (κ1) is 15.9. The van der Waals surface area contributed by atoms with Crippen LogP contribution in [0.25, 0.3) is 5.65 Å². The number of ether oxygens (including phenoxy) is 1. The van der Waals surface area contributed by atoms with E-state index in [0.717, 1.165) is 12.1 Å². The van der Waals surface area contributed by atoms with Crippen molar-refractivity contribution in [1.82, 2.24) is 9.38 Å². The van der Waals surface area contributed by atoms with Gasteiger partial charge in [0.2, 0.25) is 0 Å². The summed E-state index contributed by atoms with van der Waals surface area (Å²) >= 11 is 0. The standard InChI is InChI=1S/C17H15F2N3O2/c1-3-12-15(22-9-5-8-13(24-2)16(22)20-12)17(23)21-14-10(18)6-4-7-11(14)19/h4-9H,3H2,1-2H3,(H,21,23). The SMILES string of the molecule is CCc1nc2c(OC)cccn2c1C(=O)Nc1c(F)cccc1F. The molecule has 0 saturated heterocycles. The number of nitrogens with zero attached hydrogens (tertiary/aromatic N) is 2. The Balaban J connectivity index is 2.10. The Morgan fingerprint density at radius 1 is 1.25 bits per heavy atom. The van der Waals surface area contributed by atoms with Crippen molar-refractivity contribution in [3.63, 3.8) is 0 Å². The first-order valence-corrected chi connectivity index (χ1v) is 7.36. The van der Waals surface area contributed by atoms with Gasteiger partial charge >= 0.3 is 0 Å². The topological polar surface area (TPSA) is 55.6 Å². The minimum atomic E-state index is -0.840. The van der Waals surface area contributed by atoms with E-state index in [-0.39, 0.29) is 5.69 Å². The number of rotatable bonds is 4. The van der Waals surface area contributed by atoms with Crippen LogP contribution in [0.2, 0.25) is 0 Å². The molecule has 124 valence electrons. The maximum Gasteiger partial charge on any atom is 0.274 e. The second kappa shape index (κ2) is 6.27. The Kier molecular flexibility index (Phi) is 4.16. The quantitative estimate of drug-likeness (QED) is 0.797. The molecule has 0 aliphatic heterocycles. The van der Waals surface area contributed by atoms with E-state index in [9.17, 15) is 13.6 Å². The highest BCUT2D eigenvalue weighted by Crippen LogP contribution is 2.24. The zero-order chi connectivity index (χ0) is 17.3. The number of hydrogen-bond acceptors (Lipinski definition) is 3. The van der Waals surface area contributed by atoms with Crippen LogP contribution in [0.3, 0.4) is 0 Å². The van der Waals surface area contributed by atoms with Crippen LogP contribution in [-0.4, -0.2) is 22.4 Å². The number of para-hydroxylation sites is 1. The Morgan fingerprint density at radius 3 is 2.58 bits per heavy atom. The van der Waals surface area contributed by atoms with Gasteiger partial charge in [0.1, 0.15) is 23.0 Å². The third-order valence-corrected chi connectivity index (χ3v) is 3.66. The highest BCUT2D eigenvalue weighted by Gasteiger charge is 2.22. The summed E-state index contributed by atoms with van der Waals surface area (Å²) < 4.78 is 34.3. The number of carbonyl (C=O) groups excluding carboxylic acids is 1. The molecule has 7 heteroatoms. The van der Waals surface area contributed by atoms with Gasteiger partial charge in [-0.2, -0.15) is 0 Å². The molecule has 3 rings (SSSR count). The molecule has 0 atom stereocenters. The molecule has 0 aliphatic rings. The molecule has 1 N–H and O–H groups in total. The van der Waals surface area contributed by atoms with E-state index < -0.39 is 23.2 Å². The number of halogens is 2. The van der Waals surface area contributed by atoms with E-state index in [4.69, 9.17) is 4.74 Å². The van der Waals surface area contributed by atoms with Crippen LogP contribution >= 0.6 is 0 Å². The Labute approximate surface area is 136 Å². The molecule has 0 unspecified atom stereocenters. The minimum Gasteiger partial charge on any atom is -0.493 e. The smallest absolute Gasteiger partial charge is 0.274 e. The van der Waals surface area contributed by atoms with Gasteiger partial charge in [0.15, 0.2) is 11.4 Å². The van der Waals surface area contributed by atoms with Crippen LogP contribution in [0.4, 0.5) is 14.5 Å². The van der Waals surface area contributed by atoms with Crippen molar-refractivity contribution >= 4 is 17.2 Å². The summed E-state index contributed by atoms with van der Waals surface area (Å²) in [6.07, 6.45) is 2.13. The van der Waals surface area contributed by atoms with Crippen molar-refractivity contribution in [1.29, 1.82) is 0 Å². The van der Waals surface area contributed by atoms with Gasteiger partial charge in [0, 0.05) is 6.20 Å². The fourth-order valence-electron chi connectivity index (χ4n) is 2.53. The lowest BCUT2D eigenvalue weighted by atomic mass is 10.2. The number of imidazole rings is 1. The van der Waals surface area contributed by atoms with E-state index in [1.807, 2.05) is 6.92 Å². The largest absolute Gasteiger partial charge is 0.493 e. The predicted molar refractivity (Wildman–Crippen MR) is 85.4 cm³/mol. The molecule has 0 fully saturated rings. The van der Waals surface area contributed by atoms with Gasteiger partial charge in [-0.1, -0.05) is 13.0 Å². The van der Waals surface area contributed by atoms with Crippen LogP contribution in [0.15, 0.2) is 36.5 Å². The average Bonchev–Trinajstić information content (AvgIpc) is 2.96. The summed E-state index contributed by atoms with van der Waals surface area (Å²) in [5.74, 6) is -1.82. The first-order valence-electron chi connectivity index (χ1n) is 7.36. The Hall–Kier alpha value is -2.96. The monoisotopic (exact) mass is 331 g/mol. The number of amides is 1. The molecule has 0 aliphatic carbocycles. The number of hydrogen-bond donors (Lipinski definition) is 1. The number of carbonyl (C=O) groups is 1. The van der Waals surface area contributed by atoms with E-state index in [0.29, 0.717) is 23.5 Å². The third kappa shape index (κ3) is 2.58. The molecule has 3 aromatic rings. The Bertz CT molecular complexity index is 901. The number of benzene rings is 1. The van der Waals surface area contributed by atoms with Crippen molar-refractivity contribution in [3.05, 3.63) is 59.6 Å². The number of fused-ring (bicyclic) bond motifs is 1. The fourth-order valence-corrected chi connectivity index (χ4v) is 2.53. The number of aryl methyl sites for hydroxylation is 1. The van der Waals surface area contributed by atoms with Gasteiger partial charge in [-0.25, -0.2) is 13.8 Å². The predicted octanol–water partition coefficient (Wildman–Crippen LogP) is 3.44. The molecule has 1 aromatic carbocycles. The second-order valence-electron chi connectivity index (χ2n) is 5.08. The molecule has 0 bridgehead atoms. The first-order chi connectivity index (χ1) is 11.6. The van der Waals surface area contributed by atoms with Crippen LogP contribution in [-0.2, 0) is 6.42 Å². The molecule has 24 heavy (non-hydrogen) atoms.